The molecular weight excluding hydrogens is 368 g/mol. The molecule has 1 fully saturated rings. The Balaban J connectivity index is 1.84. The van der Waals surface area contributed by atoms with Crippen molar-refractivity contribution in [2.75, 3.05) is 47.4 Å². The summed E-state index contributed by atoms with van der Waals surface area (Å²) >= 11 is 0. The molecule has 7 nitrogen and oxygen atoms in total. The highest BCUT2D eigenvalue weighted by Gasteiger charge is 2.22. The zero-order valence-corrected chi connectivity index (χ0v) is 18.3. The lowest BCUT2D eigenvalue weighted by Crippen LogP contribution is -2.46. The Labute approximate surface area is 174 Å². The topological polar surface area (TPSA) is 75.2 Å². The van der Waals surface area contributed by atoms with Crippen molar-refractivity contribution in [1.82, 2.24) is 15.5 Å². The van der Waals surface area contributed by atoms with Crippen LogP contribution in [0.5, 0.6) is 11.5 Å². The number of aryl methyl sites for hydroxylation is 1. The van der Waals surface area contributed by atoms with Crippen molar-refractivity contribution in [1.29, 1.82) is 0 Å². The smallest absolute Gasteiger partial charge is 0.220 e. The highest BCUT2D eigenvalue weighted by molar-refractivity contribution is 5.80. The van der Waals surface area contributed by atoms with Crippen LogP contribution in [0.1, 0.15) is 38.2 Å². The summed E-state index contributed by atoms with van der Waals surface area (Å²) in [6.45, 7) is 5.62. The van der Waals surface area contributed by atoms with Gasteiger partial charge in [0.2, 0.25) is 5.91 Å². The number of carbonyl (C=O) groups is 1. The van der Waals surface area contributed by atoms with Gasteiger partial charge in [-0.25, -0.2) is 0 Å². The molecule has 1 amide bonds. The number of amides is 1. The first-order valence-electron chi connectivity index (χ1n) is 10.6. The molecule has 1 aromatic rings. The number of likely N-dealkylation sites (tertiary alicyclic amines) is 1. The molecule has 0 aromatic heterocycles. The van der Waals surface area contributed by atoms with Gasteiger partial charge < -0.3 is 25.0 Å². The van der Waals surface area contributed by atoms with Gasteiger partial charge in [-0.05, 0) is 56.2 Å². The van der Waals surface area contributed by atoms with Gasteiger partial charge in [-0.1, -0.05) is 6.07 Å². The van der Waals surface area contributed by atoms with Gasteiger partial charge in [-0.2, -0.15) is 0 Å². The maximum absolute atomic E-state index is 11.6. The molecular formula is C22H36N4O3. The number of ether oxygens (including phenoxy) is 2. The van der Waals surface area contributed by atoms with E-state index in [-0.39, 0.29) is 5.91 Å². The van der Waals surface area contributed by atoms with E-state index in [1.807, 2.05) is 12.1 Å². The molecule has 0 spiro atoms. The molecule has 162 valence electrons. The van der Waals surface area contributed by atoms with Crippen molar-refractivity contribution in [3.8, 4) is 11.5 Å². The van der Waals surface area contributed by atoms with Gasteiger partial charge in [0, 0.05) is 39.6 Å². The summed E-state index contributed by atoms with van der Waals surface area (Å²) in [5.41, 5.74) is 1.22. The molecule has 2 rings (SSSR count). The SMILES string of the molecule is CCNC(=NCCCc1ccc(OC)c(OC)c1)N1CCC(CC(=O)NC)CC1. The fourth-order valence-corrected chi connectivity index (χ4v) is 3.64. The van der Waals surface area contributed by atoms with E-state index < -0.39 is 0 Å². The number of nitrogens with zero attached hydrogens (tertiary/aromatic N) is 2. The van der Waals surface area contributed by atoms with Gasteiger partial charge in [-0.3, -0.25) is 9.79 Å². The van der Waals surface area contributed by atoms with Crippen molar-refractivity contribution < 1.29 is 14.3 Å². The lowest BCUT2D eigenvalue weighted by Gasteiger charge is -2.34. The molecule has 0 radical (unpaired) electrons. The standard InChI is InChI=1S/C22H36N4O3/c1-5-24-22(26-13-10-18(11-14-26)16-21(27)23-2)25-12-6-7-17-8-9-19(28-3)20(15-17)29-4/h8-9,15,18H,5-7,10-14,16H2,1-4H3,(H,23,27)(H,24,25). The van der Waals surface area contributed by atoms with Crippen LogP contribution in [0, 0.1) is 5.92 Å². The lowest BCUT2D eigenvalue weighted by atomic mass is 9.93. The van der Waals surface area contributed by atoms with Crippen LogP contribution in [0.3, 0.4) is 0 Å². The predicted molar refractivity (Wildman–Crippen MR) is 117 cm³/mol. The molecule has 0 saturated carbocycles. The van der Waals surface area contributed by atoms with Crippen molar-refractivity contribution in [2.24, 2.45) is 10.9 Å². The van der Waals surface area contributed by atoms with Crippen LogP contribution in [0.25, 0.3) is 0 Å². The number of hydrogen-bond acceptors (Lipinski definition) is 4. The highest BCUT2D eigenvalue weighted by atomic mass is 16.5. The largest absolute Gasteiger partial charge is 0.493 e. The zero-order chi connectivity index (χ0) is 21.1. The second kappa shape index (κ2) is 12.2. The molecule has 1 aliphatic heterocycles. The molecule has 1 aromatic carbocycles. The number of methoxy groups -OCH3 is 2. The summed E-state index contributed by atoms with van der Waals surface area (Å²) in [5, 5.41) is 6.14. The summed E-state index contributed by atoms with van der Waals surface area (Å²) < 4.78 is 10.7. The number of carbonyl (C=O) groups excluding carboxylic acids is 1. The Bertz CT molecular complexity index is 670. The highest BCUT2D eigenvalue weighted by Crippen LogP contribution is 2.28. The molecule has 1 heterocycles. The minimum absolute atomic E-state index is 0.138. The second-order valence-electron chi connectivity index (χ2n) is 7.34. The molecule has 0 atom stereocenters. The normalized spacial score (nSPS) is 15.2. The molecule has 0 aliphatic carbocycles. The minimum atomic E-state index is 0.138. The van der Waals surface area contributed by atoms with Crippen LogP contribution < -0.4 is 20.1 Å². The molecule has 2 N–H and O–H groups in total. The fourth-order valence-electron chi connectivity index (χ4n) is 3.64. The van der Waals surface area contributed by atoms with Crippen LogP contribution >= 0.6 is 0 Å². The number of nitrogens with one attached hydrogen (secondary N) is 2. The van der Waals surface area contributed by atoms with Crippen LogP contribution in [0.15, 0.2) is 23.2 Å². The first-order valence-corrected chi connectivity index (χ1v) is 10.6. The van der Waals surface area contributed by atoms with Gasteiger partial charge in [0.25, 0.3) is 0 Å². The number of piperidine rings is 1. The van der Waals surface area contributed by atoms with Crippen molar-refractivity contribution in [2.45, 2.75) is 39.0 Å². The van der Waals surface area contributed by atoms with Gasteiger partial charge in [0.05, 0.1) is 14.2 Å². The third kappa shape index (κ3) is 7.15. The van der Waals surface area contributed by atoms with E-state index >= 15 is 0 Å². The van der Waals surface area contributed by atoms with Crippen molar-refractivity contribution in [3.05, 3.63) is 23.8 Å². The Morgan fingerprint density at radius 1 is 1.21 bits per heavy atom. The summed E-state index contributed by atoms with van der Waals surface area (Å²) in [5.74, 6) is 3.11. The van der Waals surface area contributed by atoms with E-state index in [9.17, 15) is 4.79 Å². The Kier molecular flexibility index (Phi) is 9.60. The van der Waals surface area contributed by atoms with E-state index in [0.717, 1.165) is 69.3 Å². The first-order chi connectivity index (χ1) is 14.1. The quantitative estimate of drug-likeness (QED) is 0.376. The zero-order valence-electron chi connectivity index (χ0n) is 18.3. The molecule has 0 bridgehead atoms. The van der Waals surface area contributed by atoms with Crippen molar-refractivity contribution in [3.63, 3.8) is 0 Å². The first kappa shape index (κ1) is 22.8. The average molecular weight is 405 g/mol. The fraction of sp³-hybridized carbons (Fsp3) is 0.636. The lowest BCUT2D eigenvalue weighted by molar-refractivity contribution is -0.121. The maximum Gasteiger partial charge on any atom is 0.220 e. The molecule has 1 aliphatic rings. The van der Waals surface area contributed by atoms with E-state index in [0.29, 0.717) is 12.3 Å². The van der Waals surface area contributed by atoms with Gasteiger partial charge in [-0.15, -0.1) is 0 Å². The summed E-state index contributed by atoms with van der Waals surface area (Å²) in [6.07, 6.45) is 4.60. The van der Waals surface area contributed by atoms with E-state index in [1.54, 1.807) is 21.3 Å². The summed E-state index contributed by atoms with van der Waals surface area (Å²) in [7, 11) is 5.01. The molecule has 0 unspecified atom stereocenters. The molecule has 29 heavy (non-hydrogen) atoms. The monoisotopic (exact) mass is 404 g/mol. The Morgan fingerprint density at radius 2 is 1.93 bits per heavy atom. The van der Waals surface area contributed by atoms with E-state index in [1.165, 1.54) is 5.56 Å². The summed E-state index contributed by atoms with van der Waals surface area (Å²) in [6, 6.07) is 6.06. The number of hydrogen-bond donors (Lipinski definition) is 2. The Hall–Kier alpha value is -2.44. The number of aliphatic imine (C=N–C) groups is 1. The predicted octanol–water partition coefficient (Wildman–Crippen LogP) is 2.45. The summed E-state index contributed by atoms with van der Waals surface area (Å²) in [4.78, 5) is 18.7. The number of benzene rings is 1. The maximum atomic E-state index is 11.6. The Morgan fingerprint density at radius 3 is 2.55 bits per heavy atom. The van der Waals surface area contributed by atoms with Gasteiger partial charge in [0.15, 0.2) is 17.5 Å². The van der Waals surface area contributed by atoms with Gasteiger partial charge in [0.1, 0.15) is 0 Å². The molecule has 7 heteroatoms. The van der Waals surface area contributed by atoms with E-state index in [2.05, 4.69) is 28.5 Å². The minimum Gasteiger partial charge on any atom is -0.493 e. The second-order valence-corrected chi connectivity index (χ2v) is 7.34. The molecule has 1 saturated heterocycles. The van der Waals surface area contributed by atoms with Crippen molar-refractivity contribution >= 4 is 11.9 Å². The third-order valence-corrected chi connectivity index (χ3v) is 5.33. The third-order valence-electron chi connectivity index (χ3n) is 5.33. The van der Waals surface area contributed by atoms with Gasteiger partial charge >= 0.3 is 0 Å². The average Bonchev–Trinajstić information content (AvgIpc) is 2.76. The van der Waals surface area contributed by atoms with Crippen LogP contribution in [0.4, 0.5) is 0 Å². The van der Waals surface area contributed by atoms with Crippen LogP contribution in [-0.4, -0.2) is 64.2 Å². The van der Waals surface area contributed by atoms with Crippen LogP contribution in [0.2, 0.25) is 0 Å². The number of rotatable bonds is 9. The van der Waals surface area contributed by atoms with E-state index in [4.69, 9.17) is 14.5 Å². The number of guanidine groups is 1. The van der Waals surface area contributed by atoms with Crippen LogP contribution in [-0.2, 0) is 11.2 Å².